The Balaban J connectivity index is 1.93. The standard InChI is InChI=1S/C14H19N5O2/c1-11(7-8-20)17-14(21)15-9-13-18-16-10-19(13)12-5-3-2-4-6-12/h2-6,10-11,20H,7-9H2,1H3,(H2,15,17,21)/t11-/m1/s1. The van der Waals surface area contributed by atoms with E-state index in [1.165, 1.54) is 0 Å². The maximum atomic E-state index is 11.7. The Labute approximate surface area is 123 Å². The van der Waals surface area contributed by atoms with Crippen molar-refractivity contribution in [1.29, 1.82) is 0 Å². The predicted octanol–water partition coefficient (Wildman–Crippen LogP) is 0.837. The van der Waals surface area contributed by atoms with Crippen molar-refractivity contribution in [3.8, 4) is 5.69 Å². The number of urea groups is 1. The van der Waals surface area contributed by atoms with Crippen LogP contribution in [0.2, 0.25) is 0 Å². The molecule has 0 radical (unpaired) electrons. The molecule has 7 nitrogen and oxygen atoms in total. The Hall–Kier alpha value is -2.41. The van der Waals surface area contributed by atoms with Crippen molar-refractivity contribution in [2.75, 3.05) is 6.61 Å². The smallest absolute Gasteiger partial charge is 0.315 e. The minimum atomic E-state index is -0.293. The van der Waals surface area contributed by atoms with Crippen LogP contribution in [-0.2, 0) is 6.54 Å². The van der Waals surface area contributed by atoms with Gasteiger partial charge in [-0.1, -0.05) is 18.2 Å². The molecule has 0 saturated heterocycles. The number of amides is 2. The Morgan fingerprint density at radius 3 is 2.86 bits per heavy atom. The number of carbonyl (C=O) groups is 1. The molecule has 0 fully saturated rings. The Morgan fingerprint density at radius 2 is 2.14 bits per heavy atom. The van der Waals surface area contributed by atoms with Crippen LogP contribution in [-0.4, -0.2) is 38.6 Å². The van der Waals surface area contributed by atoms with Crippen molar-refractivity contribution < 1.29 is 9.90 Å². The van der Waals surface area contributed by atoms with E-state index in [2.05, 4.69) is 20.8 Å². The summed E-state index contributed by atoms with van der Waals surface area (Å²) < 4.78 is 1.82. The number of nitrogens with zero attached hydrogens (tertiary/aromatic N) is 3. The lowest BCUT2D eigenvalue weighted by Gasteiger charge is -2.13. The van der Waals surface area contributed by atoms with Crippen molar-refractivity contribution in [3.63, 3.8) is 0 Å². The Morgan fingerprint density at radius 1 is 1.38 bits per heavy atom. The lowest BCUT2D eigenvalue weighted by Crippen LogP contribution is -2.41. The van der Waals surface area contributed by atoms with E-state index >= 15 is 0 Å². The van der Waals surface area contributed by atoms with Crippen LogP contribution in [0, 0.1) is 0 Å². The molecule has 1 heterocycles. The van der Waals surface area contributed by atoms with E-state index in [0.717, 1.165) is 5.69 Å². The van der Waals surface area contributed by atoms with E-state index in [4.69, 9.17) is 5.11 Å². The average Bonchev–Trinajstić information content (AvgIpc) is 2.94. The molecule has 0 unspecified atom stereocenters. The summed E-state index contributed by atoms with van der Waals surface area (Å²) in [6, 6.07) is 9.29. The number of aliphatic hydroxyl groups is 1. The largest absolute Gasteiger partial charge is 0.396 e. The van der Waals surface area contributed by atoms with Gasteiger partial charge in [-0.3, -0.25) is 4.57 Å². The first-order chi connectivity index (χ1) is 10.2. The van der Waals surface area contributed by atoms with Crippen molar-refractivity contribution in [2.24, 2.45) is 0 Å². The molecule has 112 valence electrons. The lowest BCUT2D eigenvalue weighted by molar-refractivity contribution is 0.230. The van der Waals surface area contributed by atoms with Crippen LogP contribution in [0.3, 0.4) is 0 Å². The van der Waals surface area contributed by atoms with E-state index < -0.39 is 0 Å². The first-order valence-corrected chi connectivity index (χ1v) is 6.80. The molecule has 21 heavy (non-hydrogen) atoms. The Bertz CT molecular complexity index is 570. The third-order valence-electron chi connectivity index (χ3n) is 3.00. The molecule has 0 aliphatic carbocycles. The van der Waals surface area contributed by atoms with Gasteiger partial charge in [-0.25, -0.2) is 4.79 Å². The molecule has 1 atom stereocenters. The van der Waals surface area contributed by atoms with E-state index in [-0.39, 0.29) is 25.2 Å². The summed E-state index contributed by atoms with van der Waals surface area (Å²) in [7, 11) is 0. The van der Waals surface area contributed by atoms with E-state index in [9.17, 15) is 4.79 Å². The van der Waals surface area contributed by atoms with Gasteiger partial charge in [-0.2, -0.15) is 0 Å². The molecule has 0 spiro atoms. The van der Waals surface area contributed by atoms with Crippen LogP contribution in [0.15, 0.2) is 36.7 Å². The molecule has 7 heteroatoms. The van der Waals surface area contributed by atoms with Gasteiger partial charge >= 0.3 is 6.03 Å². The normalized spacial score (nSPS) is 11.9. The molecule has 0 saturated carbocycles. The van der Waals surface area contributed by atoms with Gasteiger partial charge in [-0.05, 0) is 25.5 Å². The molecule has 2 aromatic rings. The summed E-state index contributed by atoms with van der Waals surface area (Å²) in [5, 5.41) is 22.1. The number of aromatic nitrogens is 3. The van der Waals surface area contributed by atoms with Crippen molar-refractivity contribution in [1.82, 2.24) is 25.4 Å². The topological polar surface area (TPSA) is 92.1 Å². The third-order valence-corrected chi connectivity index (χ3v) is 3.00. The second kappa shape index (κ2) is 7.39. The van der Waals surface area contributed by atoms with Gasteiger partial charge in [0, 0.05) is 18.3 Å². The summed E-state index contributed by atoms with van der Waals surface area (Å²) >= 11 is 0. The fraction of sp³-hybridized carbons (Fsp3) is 0.357. The predicted molar refractivity (Wildman–Crippen MR) is 77.9 cm³/mol. The van der Waals surface area contributed by atoms with E-state index in [1.807, 2.05) is 41.8 Å². The minimum Gasteiger partial charge on any atom is -0.396 e. The molecule has 3 N–H and O–H groups in total. The maximum Gasteiger partial charge on any atom is 0.315 e. The second-order valence-corrected chi connectivity index (χ2v) is 4.69. The quantitative estimate of drug-likeness (QED) is 0.734. The SMILES string of the molecule is C[C@H](CCO)NC(=O)NCc1nncn1-c1ccccc1. The van der Waals surface area contributed by atoms with Crippen LogP contribution in [0.4, 0.5) is 4.79 Å². The molecule has 0 aliphatic heterocycles. The number of para-hydroxylation sites is 1. The number of aliphatic hydroxyl groups excluding tert-OH is 1. The first kappa shape index (κ1) is 15.0. The van der Waals surface area contributed by atoms with Gasteiger partial charge in [0.1, 0.15) is 6.33 Å². The monoisotopic (exact) mass is 289 g/mol. The van der Waals surface area contributed by atoms with Crippen LogP contribution < -0.4 is 10.6 Å². The first-order valence-electron chi connectivity index (χ1n) is 6.80. The summed E-state index contributed by atoms with van der Waals surface area (Å²) in [4.78, 5) is 11.7. The van der Waals surface area contributed by atoms with Gasteiger partial charge < -0.3 is 15.7 Å². The fourth-order valence-electron chi connectivity index (χ4n) is 1.88. The van der Waals surface area contributed by atoms with Gasteiger partial charge in [0.05, 0.1) is 6.54 Å². The minimum absolute atomic E-state index is 0.0454. The van der Waals surface area contributed by atoms with Crippen LogP contribution >= 0.6 is 0 Å². The molecular formula is C14H19N5O2. The van der Waals surface area contributed by atoms with Gasteiger partial charge in [0.2, 0.25) is 0 Å². The van der Waals surface area contributed by atoms with Gasteiger partial charge in [0.15, 0.2) is 5.82 Å². The summed E-state index contributed by atoms with van der Waals surface area (Å²) in [6.45, 7) is 2.15. The number of hydrogen-bond donors (Lipinski definition) is 3. The molecule has 1 aromatic carbocycles. The number of benzene rings is 1. The fourth-order valence-corrected chi connectivity index (χ4v) is 1.88. The molecule has 1 aromatic heterocycles. The van der Waals surface area contributed by atoms with Crippen molar-refractivity contribution >= 4 is 6.03 Å². The summed E-state index contributed by atoms with van der Waals surface area (Å²) in [5.74, 6) is 0.645. The highest BCUT2D eigenvalue weighted by Gasteiger charge is 2.09. The highest BCUT2D eigenvalue weighted by Crippen LogP contribution is 2.08. The molecule has 2 rings (SSSR count). The van der Waals surface area contributed by atoms with Crippen LogP contribution in [0.25, 0.3) is 5.69 Å². The van der Waals surface area contributed by atoms with Gasteiger partial charge in [0.25, 0.3) is 0 Å². The number of nitrogens with one attached hydrogen (secondary N) is 2. The van der Waals surface area contributed by atoms with Crippen LogP contribution in [0.1, 0.15) is 19.2 Å². The molecule has 0 bridgehead atoms. The zero-order valence-electron chi connectivity index (χ0n) is 11.9. The number of hydrogen-bond acceptors (Lipinski definition) is 4. The number of rotatable bonds is 6. The van der Waals surface area contributed by atoms with Crippen LogP contribution in [0.5, 0.6) is 0 Å². The highest BCUT2D eigenvalue weighted by molar-refractivity contribution is 5.74. The average molecular weight is 289 g/mol. The zero-order valence-corrected chi connectivity index (χ0v) is 11.9. The third kappa shape index (κ3) is 4.28. The lowest BCUT2D eigenvalue weighted by atomic mass is 10.2. The zero-order chi connectivity index (χ0) is 15.1. The maximum absolute atomic E-state index is 11.7. The Kier molecular flexibility index (Phi) is 5.28. The van der Waals surface area contributed by atoms with Gasteiger partial charge in [-0.15, -0.1) is 10.2 Å². The molecular weight excluding hydrogens is 270 g/mol. The molecule has 2 amide bonds. The van der Waals surface area contributed by atoms with E-state index in [0.29, 0.717) is 12.2 Å². The summed E-state index contributed by atoms with van der Waals surface area (Å²) in [6.07, 6.45) is 2.13. The number of carbonyl (C=O) groups excluding carboxylic acids is 1. The summed E-state index contributed by atoms with van der Waals surface area (Å²) in [5.41, 5.74) is 0.938. The van der Waals surface area contributed by atoms with Crippen molar-refractivity contribution in [3.05, 3.63) is 42.5 Å². The molecule has 0 aliphatic rings. The second-order valence-electron chi connectivity index (χ2n) is 4.69. The van der Waals surface area contributed by atoms with E-state index in [1.54, 1.807) is 6.33 Å². The highest BCUT2D eigenvalue weighted by atomic mass is 16.3. The van der Waals surface area contributed by atoms with Crippen molar-refractivity contribution in [2.45, 2.75) is 25.9 Å².